The maximum absolute atomic E-state index is 13.7. The molecule has 2 saturated heterocycles. The van der Waals surface area contributed by atoms with Gasteiger partial charge in [0.25, 0.3) is 0 Å². The number of rotatable bonds is 5. The third-order valence-corrected chi connectivity index (χ3v) is 7.76. The van der Waals surface area contributed by atoms with Gasteiger partial charge in [-0.15, -0.1) is 0 Å². The Morgan fingerprint density at radius 2 is 1.83 bits per heavy atom. The third-order valence-electron chi connectivity index (χ3n) is 7.76. The first-order valence-electron chi connectivity index (χ1n) is 12.5. The maximum atomic E-state index is 13.7. The number of methoxy groups -OCH3 is 1. The van der Waals surface area contributed by atoms with E-state index in [0.29, 0.717) is 24.1 Å². The van der Waals surface area contributed by atoms with Crippen LogP contribution in [0.2, 0.25) is 0 Å². The molecule has 0 bridgehead atoms. The molecule has 0 unspecified atom stereocenters. The van der Waals surface area contributed by atoms with Gasteiger partial charge in [-0.2, -0.15) is 0 Å². The summed E-state index contributed by atoms with van der Waals surface area (Å²) in [5.74, 6) is -0.570. The predicted octanol–water partition coefficient (Wildman–Crippen LogP) is 4.98. The zero-order chi connectivity index (χ0) is 25.2. The minimum Gasteiger partial charge on any atom is -0.496 e. The van der Waals surface area contributed by atoms with Crippen LogP contribution in [0, 0.1) is 11.6 Å². The number of para-hydroxylation sites is 1. The number of imide groups is 1. The molecule has 2 heterocycles. The molecule has 2 aromatic carbocycles. The van der Waals surface area contributed by atoms with E-state index >= 15 is 0 Å². The second-order valence-corrected chi connectivity index (χ2v) is 9.81. The van der Waals surface area contributed by atoms with Crippen LogP contribution >= 0.6 is 0 Å². The van der Waals surface area contributed by atoms with Gasteiger partial charge in [-0.3, -0.25) is 4.90 Å². The first-order chi connectivity index (χ1) is 17.4. The van der Waals surface area contributed by atoms with Crippen LogP contribution in [-0.2, 0) is 4.74 Å². The number of nitrogens with one attached hydrogen (secondary N) is 1. The molecule has 2 aromatic rings. The van der Waals surface area contributed by atoms with E-state index in [9.17, 15) is 18.4 Å². The molecule has 2 atom stereocenters. The van der Waals surface area contributed by atoms with Crippen LogP contribution in [-0.4, -0.2) is 60.8 Å². The number of halogens is 2. The number of urea groups is 1. The highest BCUT2D eigenvalue weighted by Gasteiger charge is 2.41. The number of amides is 3. The molecule has 192 valence electrons. The SMILES string of the molecule is COc1ccccc1C1CCC(N2CC[C@@H](NC(=O)N3C(=O)OC[C@@H]3c3ccc(F)c(F)c3)C2)CC1. The number of ether oxygens (including phenoxy) is 2. The van der Waals surface area contributed by atoms with Crippen LogP contribution in [0.5, 0.6) is 5.75 Å². The van der Waals surface area contributed by atoms with E-state index in [1.54, 1.807) is 7.11 Å². The molecule has 0 aromatic heterocycles. The predicted molar refractivity (Wildman–Crippen MR) is 129 cm³/mol. The number of hydrogen-bond acceptors (Lipinski definition) is 5. The fourth-order valence-electron chi connectivity index (χ4n) is 5.85. The molecule has 3 aliphatic rings. The van der Waals surface area contributed by atoms with Crippen LogP contribution in [0.15, 0.2) is 42.5 Å². The van der Waals surface area contributed by atoms with E-state index in [1.807, 2.05) is 12.1 Å². The Labute approximate surface area is 209 Å². The van der Waals surface area contributed by atoms with E-state index < -0.39 is 29.8 Å². The second-order valence-electron chi connectivity index (χ2n) is 9.81. The lowest BCUT2D eigenvalue weighted by atomic mass is 9.81. The van der Waals surface area contributed by atoms with Crippen molar-refractivity contribution in [2.45, 2.75) is 56.1 Å². The van der Waals surface area contributed by atoms with Gasteiger partial charge < -0.3 is 14.8 Å². The van der Waals surface area contributed by atoms with Crippen LogP contribution in [0.1, 0.15) is 55.2 Å². The molecule has 1 saturated carbocycles. The molecule has 7 nitrogen and oxygen atoms in total. The van der Waals surface area contributed by atoms with E-state index in [1.165, 1.54) is 11.6 Å². The lowest BCUT2D eigenvalue weighted by Crippen LogP contribution is -2.47. The number of likely N-dealkylation sites (tertiary alicyclic amines) is 1. The van der Waals surface area contributed by atoms with Gasteiger partial charge in [0, 0.05) is 25.2 Å². The fraction of sp³-hybridized carbons (Fsp3) is 0.481. The fourth-order valence-corrected chi connectivity index (χ4v) is 5.85. The van der Waals surface area contributed by atoms with Gasteiger partial charge in [0.15, 0.2) is 11.6 Å². The van der Waals surface area contributed by atoms with Crippen LogP contribution in [0.25, 0.3) is 0 Å². The molecule has 9 heteroatoms. The van der Waals surface area contributed by atoms with Gasteiger partial charge in [0.2, 0.25) is 0 Å². The van der Waals surface area contributed by atoms with Crippen LogP contribution in [0.4, 0.5) is 18.4 Å². The minimum atomic E-state index is -1.03. The van der Waals surface area contributed by atoms with E-state index in [0.717, 1.165) is 61.4 Å². The van der Waals surface area contributed by atoms with Crippen molar-refractivity contribution in [2.75, 3.05) is 26.8 Å². The number of cyclic esters (lactones) is 1. The Morgan fingerprint density at radius 3 is 2.58 bits per heavy atom. The molecule has 2 aliphatic heterocycles. The third kappa shape index (κ3) is 4.89. The van der Waals surface area contributed by atoms with Crippen LogP contribution in [0.3, 0.4) is 0 Å². The van der Waals surface area contributed by atoms with Crippen LogP contribution < -0.4 is 10.1 Å². The summed E-state index contributed by atoms with van der Waals surface area (Å²) >= 11 is 0. The van der Waals surface area contributed by atoms with Gasteiger partial charge in [-0.25, -0.2) is 23.3 Å². The van der Waals surface area contributed by atoms with E-state index in [4.69, 9.17) is 9.47 Å². The lowest BCUT2D eigenvalue weighted by Gasteiger charge is -2.35. The largest absolute Gasteiger partial charge is 0.496 e. The molecular formula is C27H31F2N3O4. The summed E-state index contributed by atoms with van der Waals surface area (Å²) in [7, 11) is 1.71. The van der Waals surface area contributed by atoms with Crippen molar-refractivity contribution in [1.29, 1.82) is 0 Å². The highest BCUT2D eigenvalue weighted by Crippen LogP contribution is 2.39. The number of benzene rings is 2. The molecule has 36 heavy (non-hydrogen) atoms. The molecule has 1 N–H and O–H groups in total. The lowest BCUT2D eigenvalue weighted by molar-refractivity contribution is 0.155. The number of hydrogen-bond donors (Lipinski definition) is 1. The summed E-state index contributed by atoms with van der Waals surface area (Å²) in [6.07, 6.45) is 4.35. The molecule has 3 fully saturated rings. The van der Waals surface area contributed by atoms with Crippen molar-refractivity contribution in [3.05, 3.63) is 65.2 Å². The van der Waals surface area contributed by atoms with Crippen molar-refractivity contribution in [2.24, 2.45) is 0 Å². The second kappa shape index (κ2) is 10.4. The quantitative estimate of drug-likeness (QED) is 0.629. The summed E-state index contributed by atoms with van der Waals surface area (Å²) in [6, 6.07) is 10.6. The molecule has 3 amide bonds. The number of carbonyl (C=O) groups is 2. The van der Waals surface area contributed by atoms with E-state index in [2.05, 4.69) is 22.3 Å². The zero-order valence-corrected chi connectivity index (χ0v) is 20.3. The number of carbonyl (C=O) groups excluding carboxylic acids is 2. The monoisotopic (exact) mass is 499 g/mol. The normalized spacial score (nSPS) is 26.6. The van der Waals surface area contributed by atoms with Crippen molar-refractivity contribution >= 4 is 12.1 Å². The first kappa shape index (κ1) is 24.5. The molecule has 5 rings (SSSR count). The van der Waals surface area contributed by atoms with E-state index in [-0.39, 0.29) is 12.6 Å². The Hall–Kier alpha value is -3.20. The summed E-state index contributed by atoms with van der Waals surface area (Å²) < 4.78 is 37.7. The van der Waals surface area contributed by atoms with Crippen molar-refractivity contribution in [1.82, 2.24) is 15.1 Å². The Balaban J connectivity index is 1.16. The van der Waals surface area contributed by atoms with Gasteiger partial charge in [-0.05, 0) is 67.3 Å². The van der Waals surface area contributed by atoms with Gasteiger partial charge in [-0.1, -0.05) is 24.3 Å². The summed E-state index contributed by atoms with van der Waals surface area (Å²) in [5, 5.41) is 2.96. The maximum Gasteiger partial charge on any atom is 0.418 e. The molecule has 1 aliphatic carbocycles. The standard InChI is InChI=1S/C27H31F2N3O4/c1-35-25-5-3-2-4-21(25)17-6-9-20(10-7-17)31-13-12-19(15-31)30-26(33)32-24(16-36-27(32)34)18-8-11-22(28)23(29)14-18/h2-5,8,11,14,17,19-20,24H,6-7,9-10,12-13,15-16H2,1H3,(H,30,33)/t17?,19-,20?,24-/m1/s1. The van der Waals surface area contributed by atoms with Gasteiger partial charge in [0.1, 0.15) is 18.4 Å². The Kier molecular flexibility index (Phi) is 7.09. The summed E-state index contributed by atoms with van der Waals surface area (Å²) in [6.45, 7) is 1.50. The highest BCUT2D eigenvalue weighted by atomic mass is 19.2. The zero-order valence-electron chi connectivity index (χ0n) is 20.3. The molecule has 0 spiro atoms. The summed E-state index contributed by atoms with van der Waals surface area (Å²) in [5.41, 5.74) is 1.59. The molecule has 0 radical (unpaired) electrons. The summed E-state index contributed by atoms with van der Waals surface area (Å²) in [4.78, 5) is 28.7. The topological polar surface area (TPSA) is 71.1 Å². The van der Waals surface area contributed by atoms with Crippen molar-refractivity contribution in [3.63, 3.8) is 0 Å². The average Bonchev–Trinajstić information content (AvgIpc) is 3.52. The Morgan fingerprint density at radius 1 is 1.06 bits per heavy atom. The number of nitrogens with zero attached hydrogens (tertiary/aromatic N) is 2. The first-order valence-corrected chi connectivity index (χ1v) is 12.5. The highest BCUT2D eigenvalue weighted by molar-refractivity contribution is 5.92. The average molecular weight is 500 g/mol. The van der Waals surface area contributed by atoms with Crippen molar-refractivity contribution in [3.8, 4) is 5.75 Å². The van der Waals surface area contributed by atoms with Crippen molar-refractivity contribution < 1.29 is 27.8 Å². The minimum absolute atomic E-state index is 0.0937. The van der Waals surface area contributed by atoms with Gasteiger partial charge >= 0.3 is 12.1 Å². The van der Waals surface area contributed by atoms with Gasteiger partial charge in [0.05, 0.1) is 7.11 Å². The Bertz CT molecular complexity index is 1120. The molecular weight excluding hydrogens is 468 g/mol. The smallest absolute Gasteiger partial charge is 0.418 e.